The molecule has 0 radical (unpaired) electrons. The number of rotatable bonds is 4. The van der Waals surface area contributed by atoms with Gasteiger partial charge in [-0.3, -0.25) is 9.59 Å². The molecule has 2 heterocycles. The van der Waals surface area contributed by atoms with Crippen LogP contribution in [-0.2, 0) is 6.54 Å². The quantitative estimate of drug-likeness (QED) is 0.934. The van der Waals surface area contributed by atoms with Crippen LogP contribution in [0.5, 0.6) is 0 Å². The third-order valence-corrected chi connectivity index (χ3v) is 3.32. The zero-order valence-corrected chi connectivity index (χ0v) is 12.6. The largest absolute Gasteiger partial charge is 0.319 e. The number of aromatic nitrogens is 2. The van der Waals surface area contributed by atoms with E-state index in [0.29, 0.717) is 22.4 Å². The normalized spacial score (nSPS) is 10.3. The molecule has 0 aliphatic rings. The van der Waals surface area contributed by atoms with Gasteiger partial charge in [0, 0.05) is 29.5 Å². The second kappa shape index (κ2) is 6.47. The van der Waals surface area contributed by atoms with Crippen molar-refractivity contribution in [2.45, 2.75) is 19.9 Å². The molecule has 0 atom stereocenters. The summed E-state index contributed by atoms with van der Waals surface area (Å²) >= 11 is 3.28. The van der Waals surface area contributed by atoms with Gasteiger partial charge in [0.1, 0.15) is 5.69 Å². The molecule has 104 valence electrons. The van der Waals surface area contributed by atoms with E-state index >= 15 is 0 Å². The zero-order chi connectivity index (χ0) is 14.5. The van der Waals surface area contributed by atoms with Gasteiger partial charge in [0.25, 0.3) is 11.5 Å². The minimum Gasteiger partial charge on any atom is -0.319 e. The zero-order valence-electron chi connectivity index (χ0n) is 11.0. The number of pyridine rings is 2. The van der Waals surface area contributed by atoms with E-state index in [2.05, 4.69) is 26.2 Å². The molecule has 0 bridgehead atoms. The van der Waals surface area contributed by atoms with Crippen molar-refractivity contribution in [1.82, 2.24) is 9.55 Å². The monoisotopic (exact) mass is 335 g/mol. The van der Waals surface area contributed by atoms with Gasteiger partial charge in [-0.1, -0.05) is 6.92 Å². The lowest BCUT2D eigenvalue weighted by molar-refractivity contribution is 0.102. The van der Waals surface area contributed by atoms with Gasteiger partial charge in [-0.15, -0.1) is 0 Å². The summed E-state index contributed by atoms with van der Waals surface area (Å²) in [5.74, 6) is -0.320. The molecule has 2 aromatic rings. The lowest BCUT2D eigenvalue weighted by Gasteiger charge is -2.09. The van der Waals surface area contributed by atoms with Gasteiger partial charge in [0.15, 0.2) is 0 Å². The number of anilines is 1. The van der Waals surface area contributed by atoms with E-state index in [1.807, 2.05) is 6.92 Å². The maximum Gasteiger partial charge on any atom is 0.275 e. The van der Waals surface area contributed by atoms with Crippen LogP contribution < -0.4 is 10.9 Å². The molecular formula is C14H14BrN3O2. The summed E-state index contributed by atoms with van der Waals surface area (Å²) in [6.45, 7) is 2.61. The summed E-state index contributed by atoms with van der Waals surface area (Å²) < 4.78 is 2.20. The van der Waals surface area contributed by atoms with Crippen LogP contribution in [0.3, 0.4) is 0 Å². The minimum absolute atomic E-state index is 0.0798. The Bertz CT molecular complexity index is 682. The summed E-state index contributed by atoms with van der Waals surface area (Å²) in [7, 11) is 0. The molecule has 1 N–H and O–H groups in total. The van der Waals surface area contributed by atoms with E-state index in [9.17, 15) is 9.59 Å². The summed E-state index contributed by atoms with van der Waals surface area (Å²) in [5, 5.41) is 2.73. The van der Waals surface area contributed by atoms with Gasteiger partial charge in [-0.2, -0.15) is 0 Å². The van der Waals surface area contributed by atoms with Crippen molar-refractivity contribution >= 4 is 27.5 Å². The number of hydrogen-bond acceptors (Lipinski definition) is 3. The highest BCUT2D eigenvalue weighted by Gasteiger charge is 2.11. The SMILES string of the molecule is CCCn1cc(NC(=O)c2ncccc2Br)ccc1=O. The van der Waals surface area contributed by atoms with Gasteiger partial charge >= 0.3 is 0 Å². The average molecular weight is 336 g/mol. The topological polar surface area (TPSA) is 64.0 Å². The number of amides is 1. The van der Waals surface area contributed by atoms with Gasteiger partial charge in [0.05, 0.1) is 5.69 Å². The molecule has 1 amide bonds. The van der Waals surface area contributed by atoms with E-state index in [1.54, 1.807) is 35.2 Å². The van der Waals surface area contributed by atoms with Crippen molar-refractivity contribution in [2.75, 3.05) is 5.32 Å². The standard InChI is InChI=1S/C14H14BrN3O2/c1-2-8-18-9-10(5-6-12(18)19)17-14(20)13-11(15)4-3-7-16-13/h3-7,9H,2,8H2,1H3,(H,17,20). The minimum atomic E-state index is -0.320. The second-order valence-electron chi connectivity index (χ2n) is 4.24. The maximum absolute atomic E-state index is 12.1. The highest BCUT2D eigenvalue weighted by molar-refractivity contribution is 9.10. The molecule has 0 aliphatic carbocycles. The van der Waals surface area contributed by atoms with Gasteiger partial charge in [0.2, 0.25) is 0 Å². The Labute approximate surface area is 124 Å². The number of hydrogen-bond donors (Lipinski definition) is 1. The van der Waals surface area contributed by atoms with E-state index < -0.39 is 0 Å². The summed E-state index contributed by atoms with van der Waals surface area (Å²) in [5.41, 5.74) is 0.796. The lowest BCUT2D eigenvalue weighted by Crippen LogP contribution is -2.21. The van der Waals surface area contributed by atoms with Crippen LogP contribution in [0.1, 0.15) is 23.8 Å². The van der Waals surface area contributed by atoms with Crippen molar-refractivity contribution in [2.24, 2.45) is 0 Å². The van der Waals surface area contributed by atoms with Crippen LogP contribution in [0.15, 0.2) is 45.9 Å². The molecule has 0 aliphatic heterocycles. The average Bonchev–Trinajstić information content (AvgIpc) is 2.43. The third kappa shape index (κ3) is 3.33. The first kappa shape index (κ1) is 14.5. The highest BCUT2D eigenvalue weighted by Crippen LogP contribution is 2.15. The predicted molar refractivity (Wildman–Crippen MR) is 80.9 cm³/mol. The first-order chi connectivity index (χ1) is 9.61. The Morgan fingerprint density at radius 1 is 1.40 bits per heavy atom. The highest BCUT2D eigenvalue weighted by atomic mass is 79.9. The molecule has 2 rings (SSSR count). The Morgan fingerprint density at radius 2 is 2.20 bits per heavy atom. The summed E-state index contributed by atoms with van der Waals surface area (Å²) in [6.07, 6.45) is 4.04. The molecule has 5 nitrogen and oxygen atoms in total. The van der Waals surface area contributed by atoms with Gasteiger partial charge < -0.3 is 9.88 Å². The number of nitrogens with one attached hydrogen (secondary N) is 1. The number of carbonyl (C=O) groups excluding carboxylic acids is 1. The maximum atomic E-state index is 12.1. The molecule has 20 heavy (non-hydrogen) atoms. The molecule has 0 spiro atoms. The van der Waals surface area contributed by atoms with E-state index in [1.165, 1.54) is 6.07 Å². The Kier molecular flexibility index (Phi) is 4.68. The molecule has 0 fully saturated rings. The van der Waals surface area contributed by atoms with Crippen LogP contribution in [-0.4, -0.2) is 15.5 Å². The number of nitrogens with zero attached hydrogens (tertiary/aromatic N) is 2. The van der Waals surface area contributed by atoms with Crippen LogP contribution >= 0.6 is 15.9 Å². The third-order valence-electron chi connectivity index (χ3n) is 2.68. The summed E-state index contributed by atoms with van der Waals surface area (Å²) in [6, 6.07) is 6.52. The Hall–Kier alpha value is -1.95. The first-order valence-corrected chi connectivity index (χ1v) is 7.03. The molecule has 0 unspecified atom stereocenters. The van der Waals surface area contributed by atoms with Crippen molar-refractivity contribution in [3.8, 4) is 0 Å². The van der Waals surface area contributed by atoms with Crippen LogP contribution in [0.25, 0.3) is 0 Å². The van der Waals surface area contributed by atoms with E-state index in [0.717, 1.165) is 6.42 Å². The van der Waals surface area contributed by atoms with E-state index in [-0.39, 0.29) is 11.5 Å². The lowest BCUT2D eigenvalue weighted by atomic mass is 10.3. The van der Waals surface area contributed by atoms with Crippen LogP contribution in [0.2, 0.25) is 0 Å². The molecule has 2 aromatic heterocycles. The Morgan fingerprint density at radius 3 is 2.90 bits per heavy atom. The fourth-order valence-electron chi connectivity index (χ4n) is 1.76. The summed E-state index contributed by atoms with van der Waals surface area (Å²) in [4.78, 5) is 27.7. The first-order valence-electron chi connectivity index (χ1n) is 6.24. The number of halogens is 1. The van der Waals surface area contributed by atoms with Crippen molar-refractivity contribution < 1.29 is 4.79 Å². The van der Waals surface area contributed by atoms with Gasteiger partial charge in [-0.05, 0) is 40.5 Å². The fourth-order valence-corrected chi connectivity index (χ4v) is 2.20. The van der Waals surface area contributed by atoms with Crippen LogP contribution in [0.4, 0.5) is 5.69 Å². The van der Waals surface area contributed by atoms with E-state index in [4.69, 9.17) is 0 Å². The van der Waals surface area contributed by atoms with Crippen molar-refractivity contribution in [1.29, 1.82) is 0 Å². The van der Waals surface area contributed by atoms with Crippen LogP contribution in [0, 0.1) is 0 Å². The molecule has 6 heteroatoms. The fraction of sp³-hybridized carbons (Fsp3) is 0.214. The van der Waals surface area contributed by atoms with Crippen molar-refractivity contribution in [3.05, 3.63) is 57.2 Å². The second-order valence-corrected chi connectivity index (χ2v) is 5.09. The number of carbonyl (C=O) groups is 1. The number of aryl methyl sites for hydroxylation is 1. The molecule has 0 saturated carbocycles. The predicted octanol–water partition coefficient (Wildman–Crippen LogP) is 2.67. The van der Waals surface area contributed by atoms with Gasteiger partial charge in [-0.25, -0.2) is 4.98 Å². The molecular weight excluding hydrogens is 322 g/mol. The molecule has 0 saturated heterocycles. The van der Waals surface area contributed by atoms with Crippen molar-refractivity contribution in [3.63, 3.8) is 0 Å². The molecule has 0 aromatic carbocycles. The smallest absolute Gasteiger partial charge is 0.275 e. The Balaban J connectivity index is 2.22.